The Morgan fingerprint density at radius 3 is 1.50 bits per heavy atom. The molecule has 3 heteroatoms. The minimum Gasteiger partial charge on any atom is -1.00 e. The quantitative estimate of drug-likeness (QED) is 0.366. The first-order valence-corrected chi connectivity index (χ1v) is 23.5. The van der Waals surface area contributed by atoms with Gasteiger partial charge in [0.15, 0.2) is 0 Å². The molecule has 140 valence electrons. The summed E-state index contributed by atoms with van der Waals surface area (Å²) in [6.45, 7) is 5.10. The van der Waals surface area contributed by atoms with Crippen LogP contribution in [0.2, 0.25) is 13.1 Å². The number of hydrogen-bond acceptors (Lipinski definition) is 0. The monoisotopic (exact) mass is 517 g/mol. The van der Waals surface area contributed by atoms with Gasteiger partial charge < -0.3 is 5.71 Å². The molecule has 0 radical (unpaired) electrons. The first kappa shape index (κ1) is 20.5. The van der Waals surface area contributed by atoms with Crippen molar-refractivity contribution in [3.05, 3.63) is 86.0 Å². The van der Waals surface area contributed by atoms with Gasteiger partial charge in [0.25, 0.3) is 0 Å². The van der Waals surface area contributed by atoms with Crippen LogP contribution < -0.4 is 0 Å². The van der Waals surface area contributed by atoms with Gasteiger partial charge in [0.05, 0.1) is 0 Å². The third-order valence-electron chi connectivity index (χ3n) is 5.13. The summed E-state index contributed by atoms with van der Waals surface area (Å²) in [5.41, 5.74) is 0. The van der Waals surface area contributed by atoms with Crippen LogP contribution in [0.15, 0.2) is 86.0 Å². The Kier molecular flexibility index (Phi) is 8.17. The fourth-order valence-corrected chi connectivity index (χ4v) is 27.0. The standard InChI is InChI=1S/4C5H5.C2H7Si.CH2.2Zr.4H/c4*1-2-4-5-3-1;1-3-2;;;;;;;/h4*1-3H,4H2;3H,1-2H3;1H2;;;;;;/q;;;;;;;+1;4*-1. The first-order valence-electron chi connectivity index (χ1n) is 9.67. The van der Waals surface area contributed by atoms with E-state index in [0.29, 0.717) is 0 Å². The molecule has 0 saturated carbocycles. The Morgan fingerprint density at radius 2 is 1.19 bits per heavy atom. The van der Waals surface area contributed by atoms with Crippen LogP contribution in [0.1, 0.15) is 31.4 Å². The molecule has 0 fully saturated rings. The van der Waals surface area contributed by atoms with Gasteiger partial charge in [0.2, 0.25) is 0 Å². The number of hydrogen-bond donors (Lipinski definition) is 0. The van der Waals surface area contributed by atoms with Crippen molar-refractivity contribution in [3.8, 4) is 0 Å². The van der Waals surface area contributed by atoms with Gasteiger partial charge >= 0.3 is 177 Å². The van der Waals surface area contributed by atoms with Crippen molar-refractivity contribution in [1.82, 2.24) is 0 Å². The van der Waals surface area contributed by atoms with Crippen molar-refractivity contribution < 1.29 is 47.9 Å². The van der Waals surface area contributed by atoms with Gasteiger partial charge in [-0.3, -0.25) is 0 Å². The molecule has 0 saturated heterocycles. The third-order valence-corrected chi connectivity index (χ3v) is 30.0. The van der Waals surface area contributed by atoms with Crippen LogP contribution in [0.25, 0.3) is 0 Å². The topological polar surface area (TPSA) is 0 Å². The van der Waals surface area contributed by atoms with Crippen LogP contribution in [-0.2, 0) is 42.2 Å². The first-order chi connectivity index (χ1) is 12.7. The molecule has 0 spiro atoms. The summed E-state index contributed by atoms with van der Waals surface area (Å²) in [7, 11) is 0. The second-order valence-electron chi connectivity index (χ2n) is 7.34. The number of allylic oxidation sites excluding steroid dienone is 16. The minimum absolute atomic E-state index is 0. The molecule has 0 aromatic carbocycles. The van der Waals surface area contributed by atoms with E-state index in [4.69, 9.17) is 0 Å². The van der Waals surface area contributed by atoms with E-state index in [-0.39, 0.29) is 5.71 Å². The molecule has 0 bridgehead atoms. The molecule has 0 atom stereocenters. The van der Waals surface area contributed by atoms with Crippen molar-refractivity contribution in [2.45, 2.75) is 38.8 Å². The van der Waals surface area contributed by atoms with Crippen LogP contribution in [-0.4, -0.2) is 10.1 Å². The Bertz CT molecular complexity index is 753. The van der Waals surface area contributed by atoms with Crippen molar-refractivity contribution in [1.29, 1.82) is 0 Å². The molecule has 0 N–H and O–H groups in total. The Hall–Kier alpha value is -0.227. The van der Waals surface area contributed by atoms with Crippen LogP contribution in [0.3, 0.4) is 0 Å². The normalized spacial score (nSPS) is 19.3. The van der Waals surface area contributed by atoms with Crippen LogP contribution in [0.4, 0.5) is 0 Å². The van der Waals surface area contributed by atoms with Gasteiger partial charge in [0.1, 0.15) is 0 Å². The van der Waals surface area contributed by atoms with Crippen LogP contribution >= 0.6 is 0 Å². The van der Waals surface area contributed by atoms with Crippen LogP contribution in [0.5, 0.6) is 0 Å². The molecular weight excluding hydrogens is 487 g/mol. The fourth-order valence-electron chi connectivity index (χ4n) is 3.79. The minimum atomic E-state index is -1.52. The van der Waals surface area contributed by atoms with Gasteiger partial charge in [-0.25, -0.2) is 0 Å². The molecular formula is C23H33SiZr2-3. The smallest absolute Gasteiger partial charge is 1.00 e. The summed E-state index contributed by atoms with van der Waals surface area (Å²) in [6.07, 6.45) is 32.3. The summed E-state index contributed by atoms with van der Waals surface area (Å²) >= 11 is -2.82. The largest absolute Gasteiger partial charge is 1.00 e. The molecule has 0 nitrogen and oxygen atoms in total. The molecule has 0 unspecified atom stereocenters. The van der Waals surface area contributed by atoms with Crippen molar-refractivity contribution in [2.75, 3.05) is 0 Å². The van der Waals surface area contributed by atoms with E-state index in [1.54, 1.807) is 6.56 Å². The molecule has 0 heterocycles. The maximum atomic E-state index is 4.38. The summed E-state index contributed by atoms with van der Waals surface area (Å²) in [5.74, 6) is -0.412. The zero-order valence-electron chi connectivity index (χ0n) is 20.0. The zero-order valence-corrected chi connectivity index (χ0v) is 22.1. The fraction of sp³-hybridized carbons (Fsp3) is 0.261. The predicted molar refractivity (Wildman–Crippen MR) is 118 cm³/mol. The molecule has 0 amide bonds. The van der Waals surface area contributed by atoms with Gasteiger partial charge in [-0.2, -0.15) is 0 Å². The molecule has 26 heavy (non-hydrogen) atoms. The van der Waals surface area contributed by atoms with Crippen LogP contribution in [0, 0.1) is 0 Å². The van der Waals surface area contributed by atoms with Gasteiger partial charge in [-0.15, -0.1) is 0 Å². The molecule has 0 aliphatic heterocycles. The van der Waals surface area contributed by atoms with E-state index >= 15 is 0 Å². The second kappa shape index (κ2) is 10.4. The maximum Gasteiger partial charge on any atom is -1.00 e. The van der Waals surface area contributed by atoms with E-state index in [9.17, 15) is 0 Å². The van der Waals surface area contributed by atoms with Gasteiger partial charge in [-0.05, 0) is 0 Å². The van der Waals surface area contributed by atoms with E-state index in [0.717, 1.165) is 0 Å². The number of rotatable bonds is 5. The Morgan fingerprint density at radius 1 is 0.769 bits per heavy atom. The second-order valence-corrected chi connectivity index (χ2v) is 32.3. The Balaban J connectivity index is 0. The molecule has 4 aliphatic rings. The van der Waals surface area contributed by atoms with Gasteiger partial charge in [0, 0.05) is 0 Å². The zero-order chi connectivity index (χ0) is 18.4. The average Bonchev–Trinajstić information content (AvgIpc) is 3.44. The molecule has 4 rings (SSSR count). The summed E-state index contributed by atoms with van der Waals surface area (Å²) in [5, 5.41) is 0. The maximum absolute atomic E-state index is 4.38. The summed E-state index contributed by atoms with van der Waals surface area (Å²) in [6, 6.07) is 0. The van der Waals surface area contributed by atoms with Crippen molar-refractivity contribution >= 4 is 10.1 Å². The van der Waals surface area contributed by atoms with E-state index < -0.39 is 48.1 Å². The Labute approximate surface area is 181 Å². The molecule has 0 aromatic rings. The van der Waals surface area contributed by atoms with E-state index in [2.05, 4.69) is 90.2 Å². The van der Waals surface area contributed by atoms with Crippen molar-refractivity contribution in [2.24, 2.45) is 0 Å². The predicted octanol–water partition coefficient (Wildman–Crippen LogP) is 6.45. The molecule has 0 aromatic heterocycles. The summed E-state index contributed by atoms with van der Waals surface area (Å²) in [4.78, 5) is 0. The summed E-state index contributed by atoms with van der Waals surface area (Å²) < 4.78 is 11.4. The SMILES string of the molecule is C[SiH](C)[Zr+]([C]1=CC=CC1)[C]1=CC=CC1.[CH2]=[Zr]([C]1=CC=CC1)[C]1=CC=CC1.[H-].[H-].[H-].[H-]. The van der Waals surface area contributed by atoms with E-state index in [1.807, 2.05) is 6.56 Å². The molecule has 4 aliphatic carbocycles. The van der Waals surface area contributed by atoms with Crippen molar-refractivity contribution in [3.63, 3.8) is 0 Å². The van der Waals surface area contributed by atoms with E-state index in [1.165, 1.54) is 25.7 Å². The average molecular weight is 520 g/mol. The third kappa shape index (κ3) is 5.40. The van der Waals surface area contributed by atoms with Gasteiger partial charge in [-0.1, -0.05) is 0 Å².